The Hall–Kier alpha value is -3.64. The predicted octanol–water partition coefficient (Wildman–Crippen LogP) is 6.94. The van der Waals surface area contributed by atoms with Gasteiger partial charge in [-0.2, -0.15) is 0 Å². The van der Waals surface area contributed by atoms with Gasteiger partial charge in [-0.25, -0.2) is 0 Å². The summed E-state index contributed by atoms with van der Waals surface area (Å²) >= 11 is 0. The molecule has 230 valence electrons. The molecule has 6 heteroatoms. The van der Waals surface area contributed by atoms with Crippen LogP contribution in [0.25, 0.3) is 0 Å². The standard InChI is InChI=1S/C30H41N3O2.C7H9N/c31-20-29(25-11-3-1-4-12-25)32-30(35)28-17-8-7-16-27(28)24-13-9-10-23(18-19-24)21-33(22-34)26-14-5-2-6-15-26;1-8-7-5-3-2-4-6-7/h1,3-4,9-12,18-19,22,26-29H,2,5-8,13-17,20-21,31H2,(H,32,35);2-6,8H,1H3/t27-,28?,29-;/m0./s1. The highest BCUT2D eigenvalue weighted by atomic mass is 16.2. The maximum absolute atomic E-state index is 13.4. The van der Waals surface area contributed by atoms with Gasteiger partial charge in [-0.3, -0.25) is 9.59 Å². The minimum Gasteiger partial charge on any atom is -0.388 e. The number of carbonyl (C=O) groups excluding carboxylic acids is 2. The average molecular weight is 583 g/mol. The smallest absolute Gasteiger partial charge is 0.224 e. The summed E-state index contributed by atoms with van der Waals surface area (Å²) in [5, 5.41) is 6.27. The summed E-state index contributed by atoms with van der Waals surface area (Å²) in [6, 6.07) is 20.3. The minimum atomic E-state index is -0.158. The van der Waals surface area contributed by atoms with Crippen molar-refractivity contribution >= 4 is 18.0 Å². The molecule has 3 aliphatic rings. The first-order valence-corrected chi connectivity index (χ1v) is 16.2. The molecule has 2 saturated carbocycles. The number of nitrogens with one attached hydrogen (secondary N) is 2. The molecule has 0 radical (unpaired) electrons. The fourth-order valence-corrected chi connectivity index (χ4v) is 6.68. The van der Waals surface area contributed by atoms with Crippen molar-refractivity contribution in [3.8, 4) is 0 Å². The largest absolute Gasteiger partial charge is 0.388 e. The Bertz CT molecular complexity index is 1220. The van der Waals surface area contributed by atoms with Crippen molar-refractivity contribution in [3.05, 3.63) is 102 Å². The Balaban J connectivity index is 0.000000458. The lowest BCUT2D eigenvalue weighted by atomic mass is 9.73. The molecule has 4 N–H and O–H groups in total. The third kappa shape index (κ3) is 9.69. The van der Waals surface area contributed by atoms with Gasteiger partial charge in [0.25, 0.3) is 0 Å². The quantitative estimate of drug-likeness (QED) is 0.265. The fourth-order valence-electron chi connectivity index (χ4n) is 6.68. The number of rotatable bonds is 10. The molecule has 43 heavy (non-hydrogen) atoms. The van der Waals surface area contributed by atoms with E-state index in [1.54, 1.807) is 0 Å². The van der Waals surface area contributed by atoms with Crippen LogP contribution < -0.4 is 16.4 Å². The number of nitrogens with zero attached hydrogens (tertiary/aromatic N) is 1. The highest BCUT2D eigenvalue weighted by Gasteiger charge is 2.34. The van der Waals surface area contributed by atoms with Crippen LogP contribution in [0.15, 0.2) is 96.1 Å². The van der Waals surface area contributed by atoms with Gasteiger partial charge >= 0.3 is 0 Å². The van der Waals surface area contributed by atoms with E-state index in [-0.39, 0.29) is 23.8 Å². The number of hydrogen-bond donors (Lipinski definition) is 3. The van der Waals surface area contributed by atoms with Gasteiger partial charge in [0, 0.05) is 37.8 Å². The second kappa shape index (κ2) is 17.5. The van der Waals surface area contributed by atoms with Gasteiger partial charge in [-0.1, -0.05) is 111 Å². The Morgan fingerprint density at radius 1 is 0.930 bits per heavy atom. The zero-order valence-corrected chi connectivity index (χ0v) is 25.8. The zero-order chi connectivity index (χ0) is 30.3. The van der Waals surface area contributed by atoms with E-state index in [0.717, 1.165) is 62.6 Å². The second-order valence-electron chi connectivity index (χ2n) is 12.0. The van der Waals surface area contributed by atoms with Crippen molar-refractivity contribution in [2.45, 2.75) is 76.3 Å². The molecule has 2 aromatic rings. The summed E-state index contributed by atoms with van der Waals surface area (Å²) in [5.74, 6) is 0.348. The number of amides is 2. The molecule has 0 saturated heterocycles. The van der Waals surface area contributed by atoms with Crippen molar-refractivity contribution in [3.63, 3.8) is 0 Å². The van der Waals surface area contributed by atoms with Gasteiger partial charge in [0.2, 0.25) is 12.3 Å². The Labute approximate surface area is 258 Å². The van der Waals surface area contributed by atoms with Crippen molar-refractivity contribution in [1.29, 1.82) is 0 Å². The van der Waals surface area contributed by atoms with Crippen LogP contribution >= 0.6 is 0 Å². The number of benzene rings is 2. The Morgan fingerprint density at radius 2 is 1.60 bits per heavy atom. The topological polar surface area (TPSA) is 87.5 Å². The fraction of sp³-hybridized carbons (Fsp3) is 0.459. The highest BCUT2D eigenvalue weighted by Crippen LogP contribution is 2.38. The molecule has 1 unspecified atom stereocenters. The van der Waals surface area contributed by atoms with E-state index in [9.17, 15) is 9.59 Å². The first-order valence-electron chi connectivity index (χ1n) is 16.2. The van der Waals surface area contributed by atoms with E-state index in [1.807, 2.05) is 72.6 Å². The van der Waals surface area contributed by atoms with Crippen LogP contribution in [0.4, 0.5) is 5.69 Å². The summed E-state index contributed by atoms with van der Waals surface area (Å²) in [7, 11) is 1.91. The lowest BCUT2D eigenvalue weighted by molar-refractivity contribution is -0.128. The van der Waals surface area contributed by atoms with Crippen molar-refractivity contribution in [2.75, 3.05) is 25.5 Å². The van der Waals surface area contributed by atoms with Gasteiger partial charge in [0.15, 0.2) is 0 Å². The molecule has 0 heterocycles. The molecule has 0 bridgehead atoms. The summed E-state index contributed by atoms with van der Waals surface area (Å²) < 4.78 is 0. The van der Waals surface area contributed by atoms with Gasteiger partial charge in [0.1, 0.15) is 0 Å². The van der Waals surface area contributed by atoms with Crippen LogP contribution in [-0.4, -0.2) is 43.4 Å². The predicted molar refractivity (Wildman–Crippen MR) is 177 cm³/mol. The molecule has 2 fully saturated rings. The molecule has 3 atom stereocenters. The van der Waals surface area contributed by atoms with E-state index in [4.69, 9.17) is 5.73 Å². The Morgan fingerprint density at radius 3 is 2.26 bits per heavy atom. The van der Waals surface area contributed by atoms with Crippen LogP contribution in [0.5, 0.6) is 0 Å². The number of anilines is 1. The third-order valence-corrected chi connectivity index (χ3v) is 9.14. The molecule has 0 aromatic heterocycles. The number of allylic oxidation sites excluding steroid dienone is 4. The lowest BCUT2D eigenvalue weighted by Crippen LogP contribution is -2.41. The van der Waals surface area contributed by atoms with Crippen LogP contribution in [0.1, 0.15) is 75.8 Å². The van der Waals surface area contributed by atoms with E-state index in [1.165, 1.54) is 30.4 Å². The molecular formula is C37H50N4O2. The first-order chi connectivity index (χ1) is 21.1. The number of para-hydroxylation sites is 1. The average Bonchev–Trinajstić information content (AvgIpc) is 3.33. The summed E-state index contributed by atoms with van der Waals surface area (Å²) in [4.78, 5) is 27.2. The molecule has 0 spiro atoms. The van der Waals surface area contributed by atoms with Gasteiger partial charge in [-0.15, -0.1) is 0 Å². The van der Waals surface area contributed by atoms with Crippen LogP contribution in [0, 0.1) is 11.8 Å². The second-order valence-corrected chi connectivity index (χ2v) is 12.0. The Kier molecular flexibility index (Phi) is 13.1. The summed E-state index contributed by atoms with van der Waals surface area (Å²) in [6.45, 7) is 1.05. The van der Waals surface area contributed by atoms with Crippen LogP contribution in [0.2, 0.25) is 0 Å². The van der Waals surface area contributed by atoms with Crippen molar-refractivity contribution < 1.29 is 9.59 Å². The molecule has 2 amide bonds. The SMILES string of the molecule is CNc1ccccc1.NC[C@H](NC(=O)C1CCCC[C@H]1C1=CC=C(CN(C=O)C2CCCCC2)C=CC1)c1ccccc1. The van der Waals surface area contributed by atoms with Crippen molar-refractivity contribution in [1.82, 2.24) is 10.2 Å². The molecule has 5 rings (SSSR count). The molecule has 2 aromatic carbocycles. The lowest BCUT2D eigenvalue weighted by Gasteiger charge is -2.33. The van der Waals surface area contributed by atoms with Gasteiger partial charge < -0.3 is 21.3 Å². The molecule has 6 nitrogen and oxygen atoms in total. The highest BCUT2D eigenvalue weighted by molar-refractivity contribution is 5.80. The number of carbonyl (C=O) groups is 2. The normalized spacial score (nSPS) is 21.2. The van der Waals surface area contributed by atoms with Crippen molar-refractivity contribution in [2.24, 2.45) is 17.6 Å². The van der Waals surface area contributed by atoms with E-state index < -0.39 is 0 Å². The maximum atomic E-state index is 13.4. The summed E-state index contributed by atoms with van der Waals surface area (Å²) in [6.07, 6.45) is 20.8. The van der Waals surface area contributed by atoms with E-state index in [2.05, 4.69) is 34.9 Å². The zero-order valence-electron chi connectivity index (χ0n) is 25.8. The number of nitrogens with two attached hydrogens (primary N) is 1. The molecule has 3 aliphatic carbocycles. The van der Waals surface area contributed by atoms with Crippen LogP contribution in [0.3, 0.4) is 0 Å². The van der Waals surface area contributed by atoms with Gasteiger partial charge in [0.05, 0.1) is 6.04 Å². The first kappa shape index (κ1) is 32.3. The molecular weight excluding hydrogens is 532 g/mol. The number of hydrogen-bond acceptors (Lipinski definition) is 4. The molecule has 0 aliphatic heterocycles. The van der Waals surface area contributed by atoms with E-state index in [0.29, 0.717) is 19.1 Å². The third-order valence-electron chi connectivity index (χ3n) is 9.14. The maximum Gasteiger partial charge on any atom is 0.224 e. The minimum absolute atomic E-state index is 0.0233. The van der Waals surface area contributed by atoms with Gasteiger partial charge in [-0.05, 0) is 61.3 Å². The van der Waals surface area contributed by atoms with E-state index >= 15 is 0 Å². The summed E-state index contributed by atoms with van der Waals surface area (Å²) in [5.41, 5.74) is 10.7. The van der Waals surface area contributed by atoms with Crippen LogP contribution in [-0.2, 0) is 9.59 Å². The monoisotopic (exact) mass is 582 g/mol.